The van der Waals surface area contributed by atoms with E-state index in [-0.39, 0.29) is 48.2 Å². The molecule has 25 heavy (non-hydrogen) atoms. The molecule has 0 aromatic heterocycles. The van der Waals surface area contributed by atoms with Gasteiger partial charge in [0.05, 0.1) is 7.11 Å². The van der Waals surface area contributed by atoms with Crippen molar-refractivity contribution in [2.75, 3.05) is 7.11 Å². The monoisotopic (exact) mass is 349 g/mol. The van der Waals surface area contributed by atoms with Gasteiger partial charge in [0.15, 0.2) is 0 Å². The number of esters is 1. The normalized spacial score (nSPS) is 28.2. The van der Waals surface area contributed by atoms with Crippen LogP contribution in [0.1, 0.15) is 31.2 Å². The molecular formula is C18H24FN3O3. The largest absolute Gasteiger partial charge is 0.468 e. The third-order valence-corrected chi connectivity index (χ3v) is 5.15. The fraction of sp³-hybridized carbons (Fsp3) is 0.556. The number of halogens is 1. The second-order valence-corrected chi connectivity index (χ2v) is 6.73. The summed E-state index contributed by atoms with van der Waals surface area (Å²) < 4.78 is 18.4. The summed E-state index contributed by atoms with van der Waals surface area (Å²) in [6.45, 7) is 0. The van der Waals surface area contributed by atoms with Crippen LogP contribution < -0.4 is 16.2 Å². The van der Waals surface area contributed by atoms with Crippen molar-refractivity contribution in [3.8, 4) is 0 Å². The third-order valence-electron chi connectivity index (χ3n) is 5.15. The van der Waals surface area contributed by atoms with Gasteiger partial charge in [-0.15, -0.1) is 0 Å². The van der Waals surface area contributed by atoms with Gasteiger partial charge in [0, 0.05) is 24.4 Å². The van der Waals surface area contributed by atoms with E-state index in [4.69, 9.17) is 4.74 Å². The van der Waals surface area contributed by atoms with Crippen molar-refractivity contribution in [1.82, 2.24) is 16.2 Å². The van der Waals surface area contributed by atoms with Gasteiger partial charge in [0.2, 0.25) is 5.91 Å². The molecular weight excluding hydrogens is 325 g/mol. The van der Waals surface area contributed by atoms with Crippen molar-refractivity contribution >= 4 is 11.9 Å². The number of rotatable bonds is 5. The molecule has 0 spiro atoms. The highest BCUT2D eigenvalue weighted by Crippen LogP contribution is 2.31. The van der Waals surface area contributed by atoms with Crippen molar-refractivity contribution in [2.24, 2.45) is 5.92 Å². The predicted molar refractivity (Wildman–Crippen MR) is 89.9 cm³/mol. The molecule has 2 aliphatic rings. The van der Waals surface area contributed by atoms with Crippen LogP contribution in [0.2, 0.25) is 0 Å². The van der Waals surface area contributed by atoms with Gasteiger partial charge in [0.1, 0.15) is 11.9 Å². The second-order valence-electron chi connectivity index (χ2n) is 6.73. The molecule has 1 heterocycles. The van der Waals surface area contributed by atoms with Crippen LogP contribution in [0.5, 0.6) is 0 Å². The van der Waals surface area contributed by atoms with Crippen molar-refractivity contribution in [2.45, 2.75) is 50.2 Å². The highest BCUT2D eigenvalue weighted by Gasteiger charge is 2.44. The van der Waals surface area contributed by atoms with E-state index in [2.05, 4.69) is 16.2 Å². The Balaban J connectivity index is 1.50. The quantitative estimate of drug-likeness (QED) is 0.693. The van der Waals surface area contributed by atoms with E-state index in [0.717, 1.165) is 19.3 Å². The van der Waals surface area contributed by atoms with Crippen LogP contribution in [0.4, 0.5) is 4.39 Å². The van der Waals surface area contributed by atoms with Crippen molar-refractivity contribution in [3.05, 3.63) is 35.6 Å². The minimum absolute atomic E-state index is 0.0308. The molecule has 6 nitrogen and oxygen atoms in total. The SMILES string of the molecule is COC(=O)C1NNC2CCC(NC(=O)CCc3ccccc3F)CC21. The third kappa shape index (κ3) is 4.16. The Hall–Kier alpha value is -1.99. The molecule has 4 unspecified atom stereocenters. The number of benzene rings is 1. The summed E-state index contributed by atoms with van der Waals surface area (Å²) in [7, 11) is 1.38. The number of carbonyl (C=O) groups excluding carboxylic acids is 2. The zero-order valence-electron chi connectivity index (χ0n) is 14.3. The van der Waals surface area contributed by atoms with Crippen LogP contribution in [0.15, 0.2) is 24.3 Å². The Morgan fingerprint density at radius 1 is 1.28 bits per heavy atom. The van der Waals surface area contributed by atoms with Gasteiger partial charge in [-0.05, 0) is 37.3 Å². The molecule has 1 saturated carbocycles. The Morgan fingerprint density at radius 2 is 2.08 bits per heavy atom. The fourth-order valence-electron chi connectivity index (χ4n) is 3.80. The minimum atomic E-state index is -0.381. The first-order valence-corrected chi connectivity index (χ1v) is 8.70. The molecule has 1 saturated heterocycles. The maximum absolute atomic E-state index is 13.6. The average molecular weight is 349 g/mol. The minimum Gasteiger partial charge on any atom is -0.468 e. The number of aryl methyl sites for hydroxylation is 1. The number of hydrogen-bond donors (Lipinski definition) is 3. The molecule has 4 atom stereocenters. The van der Waals surface area contributed by atoms with Gasteiger partial charge in [0.25, 0.3) is 0 Å². The van der Waals surface area contributed by atoms with Gasteiger partial charge >= 0.3 is 5.97 Å². The lowest BCUT2D eigenvalue weighted by Gasteiger charge is -2.32. The summed E-state index contributed by atoms with van der Waals surface area (Å²) in [5.74, 6) is -0.551. The number of carbonyl (C=O) groups is 2. The molecule has 3 rings (SSSR count). The molecule has 0 bridgehead atoms. The van der Waals surface area contributed by atoms with Crippen LogP contribution in [0.3, 0.4) is 0 Å². The molecule has 1 aromatic rings. The first-order chi connectivity index (χ1) is 12.1. The lowest BCUT2D eigenvalue weighted by molar-refractivity contribution is -0.144. The summed E-state index contributed by atoms with van der Waals surface area (Å²) in [4.78, 5) is 24.0. The van der Waals surface area contributed by atoms with Crippen LogP contribution in [-0.2, 0) is 20.7 Å². The van der Waals surface area contributed by atoms with Crippen LogP contribution in [0, 0.1) is 11.7 Å². The van der Waals surface area contributed by atoms with E-state index in [0.29, 0.717) is 12.0 Å². The molecule has 3 N–H and O–H groups in total. The summed E-state index contributed by atoms with van der Waals surface area (Å²) >= 11 is 0. The molecule has 7 heteroatoms. The van der Waals surface area contributed by atoms with E-state index in [1.54, 1.807) is 18.2 Å². The van der Waals surface area contributed by atoms with E-state index >= 15 is 0 Å². The Bertz CT molecular complexity index is 640. The van der Waals surface area contributed by atoms with Gasteiger partial charge in [-0.3, -0.25) is 15.0 Å². The topological polar surface area (TPSA) is 79.5 Å². The zero-order valence-corrected chi connectivity index (χ0v) is 14.3. The van der Waals surface area contributed by atoms with Crippen molar-refractivity contribution in [3.63, 3.8) is 0 Å². The second kappa shape index (κ2) is 7.93. The molecule has 2 fully saturated rings. The number of fused-ring (bicyclic) bond motifs is 1. The van der Waals surface area contributed by atoms with E-state index in [9.17, 15) is 14.0 Å². The Morgan fingerprint density at radius 3 is 2.84 bits per heavy atom. The van der Waals surface area contributed by atoms with Gasteiger partial charge in [-0.2, -0.15) is 0 Å². The number of ether oxygens (including phenoxy) is 1. The number of nitrogens with one attached hydrogen (secondary N) is 3. The maximum Gasteiger partial charge on any atom is 0.324 e. The molecule has 136 valence electrons. The first-order valence-electron chi connectivity index (χ1n) is 8.70. The molecule has 0 radical (unpaired) electrons. The van der Waals surface area contributed by atoms with Crippen LogP contribution in [0.25, 0.3) is 0 Å². The summed E-state index contributed by atoms with van der Waals surface area (Å²) in [5.41, 5.74) is 6.69. The Kier molecular flexibility index (Phi) is 5.65. The Labute approximate surface area is 146 Å². The van der Waals surface area contributed by atoms with Crippen LogP contribution >= 0.6 is 0 Å². The van der Waals surface area contributed by atoms with Crippen molar-refractivity contribution < 1.29 is 18.7 Å². The zero-order chi connectivity index (χ0) is 17.8. The maximum atomic E-state index is 13.6. The predicted octanol–water partition coefficient (Wildman–Crippen LogP) is 1.06. The van der Waals surface area contributed by atoms with Gasteiger partial charge < -0.3 is 10.1 Å². The number of amides is 1. The van der Waals surface area contributed by atoms with E-state index in [1.165, 1.54) is 13.2 Å². The van der Waals surface area contributed by atoms with Gasteiger partial charge in [-0.1, -0.05) is 18.2 Å². The lowest BCUT2D eigenvalue weighted by Crippen LogP contribution is -2.46. The van der Waals surface area contributed by atoms with Gasteiger partial charge in [-0.25, -0.2) is 9.82 Å². The number of hydrazine groups is 1. The summed E-state index contributed by atoms with van der Waals surface area (Å²) in [6.07, 6.45) is 3.09. The standard InChI is InChI=1S/C18H24FN3O3/c1-25-18(24)17-13-10-12(7-8-15(13)21-22-17)20-16(23)9-6-11-4-2-3-5-14(11)19/h2-5,12-13,15,17,21-22H,6-10H2,1H3,(H,20,23). The molecule has 1 aromatic carbocycles. The molecule has 1 aliphatic heterocycles. The first kappa shape index (κ1) is 17.8. The van der Waals surface area contributed by atoms with E-state index < -0.39 is 0 Å². The molecule has 1 amide bonds. The lowest BCUT2D eigenvalue weighted by atomic mass is 9.79. The smallest absolute Gasteiger partial charge is 0.324 e. The van der Waals surface area contributed by atoms with E-state index in [1.807, 2.05) is 0 Å². The van der Waals surface area contributed by atoms with Crippen molar-refractivity contribution in [1.29, 1.82) is 0 Å². The summed E-state index contributed by atoms with van der Waals surface area (Å²) in [6, 6.07) is 6.38. The highest BCUT2D eigenvalue weighted by molar-refractivity contribution is 5.77. The summed E-state index contributed by atoms with van der Waals surface area (Å²) in [5, 5.41) is 3.03. The fourth-order valence-corrected chi connectivity index (χ4v) is 3.80. The highest BCUT2D eigenvalue weighted by atomic mass is 19.1. The average Bonchev–Trinajstić information content (AvgIpc) is 3.03. The number of methoxy groups -OCH3 is 1. The number of hydrogen-bond acceptors (Lipinski definition) is 5. The molecule has 1 aliphatic carbocycles. The van der Waals surface area contributed by atoms with Crippen LogP contribution in [-0.4, -0.2) is 37.1 Å².